The number of carbonyl (C=O) groups is 1. The quantitative estimate of drug-likeness (QED) is 0.806. The fourth-order valence-corrected chi connectivity index (χ4v) is 2.24. The number of nitrogens with zero attached hydrogens (tertiary/aromatic N) is 3. The van der Waals surface area contributed by atoms with Crippen LogP contribution in [-0.4, -0.2) is 25.7 Å². The zero-order valence-electron chi connectivity index (χ0n) is 11.2. The van der Waals surface area contributed by atoms with E-state index < -0.39 is 5.97 Å². The average Bonchev–Trinajstić information content (AvgIpc) is 2.89. The van der Waals surface area contributed by atoms with Gasteiger partial charge in [-0.2, -0.15) is 5.10 Å². The molecule has 2 heterocycles. The molecule has 0 saturated carbocycles. The van der Waals surface area contributed by atoms with Crippen molar-refractivity contribution in [1.82, 2.24) is 14.6 Å². The molecule has 0 bridgehead atoms. The maximum Gasteiger partial charge on any atom is 0.354 e. The lowest BCUT2D eigenvalue weighted by Crippen LogP contribution is -2.08. The Morgan fingerprint density at radius 1 is 1.29 bits per heavy atom. The summed E-state index contributed by atoms with van der Waals surface area (Å²) in [4.78, 5) is 15.9. The summed E-state index contributed by atoms with van der Waals surface area (Å²) in [6.07, 6.45) is 0.721. The summed E-state index contributed by atoms with van der Waals surface area (Å²) >= 11 is 5.87. The summed E-state index contributed by atoms with van der Waals surface area (Å²) in [5.41, 5.74) is 2.81. The van der Waals surface area contributed by atoms with Crippen LogP contribution in [0.3, 0.4) is 0 Å². The minimum atomic E-state index is -1.04. The first-order valence-corrected chi connectivity index (χ1v) is 6.85. The molecule has 1 N–H and O–H groups in total. The molecule has 1 aromatic carbocycles. The van der Waals surface area contributed by atoms with Crippen molar-refractivity contribution < 1.29 is 9.90 Å². The standard InChI is InChI=1S/C15H12ClN3O2/c1-2-11-7-14-17-12(9-3-5-10(16)6-4-9)8-13(15(20)21)19(14)18-11/h3-8H,2H2,1H3,(H,20,21). The van der Waals surface area contributed by atoms with Crippen LogP contribution in [0.1, 0.15) is 23.1 Å². The smallest absolute Gasteiger partial charge is 0.354 e. The van der Waals surface area contributed by atoms with Gasteiger partial charge < -0.3 is 5.11 Å². The molecule has 21 heavy (non-hydrogen) atoms. The molecular weight excluding hydrogens is 290 g/mol. The lowest BCUT2D eigenvalue weighted by atomic mass is 10.1. The second-order valence-corrected chi connectivity index (χ2v) is 5.03. The summed E-state index contributed by atoms with van der Waals surface area (Å²) in [6, 6.07) is 10.4. The topological polar surface area (TPSA) is 67.5 Å². The first-order chi connectivity index (χ1) is 10.1. The zero-order valence-corrected chi connectivity index (χ0v) is 12.0. The number of carboxylic acids is 1. The van der Waals surface area contributed by atoms with E-state index in [-0.39, 0.29) is 5.69 Å². The molecule has 0 radical (unpaired) electrons. The van der Waals surface area contributed by atoms with Gasteiger partial charge in [-0.05, 0) is 24.6 Å². The largest absolute Gasteiger partial charge is 0.477 e. The number of carboxylic acid groups (broad SMARTS) is 1. The minimum Gasteiger partial charge on any atom is -0.477 e. The number of aryl methyl sites for hydroxylation is 1. The van der Waals surface area contributed by atoms with Crippen molar-refractivity contribution in [3.05, 3.63) is 52.8 Å². The van der Waals surface area contributed by atoms with Crippen LogP contribution in [0.4, 0.5) is 0 Å². The number of aromatic nitrogens is 3. The number of halogens is 1. The van der Waals surface area contributed by atoms with Crippen molar-refractivity contribution >= 4 is 23.2 Å². The van der Waals surface area contributed by atoms with Crippen molar-refractivity contribution in [2.45, 2.75) is 13.3 Å². The van der Waals surface area contributed by atoms with E-state index in [0.717, 1.165) is 17.7 Å². The van der Waals surface area contributed by atoms with E-state index in [1.807, 2.05) is 19.1 Å². The van der Waals surface area contributed by atoms with Gasteiger partial charge in [0.25, 0.3) is 0 Å². The molecule has 3 rings (SSSR count). The molecule has 0 saturated heterocycles. The molecular formula is C15H12ClN3O2. The van der Waals surface area contributed by atoms with Gasteiger partial charge in [0.15, 0.2) is 11.3 Å². The zero-order chi connectivity index (χ0) is 15.0. The van der Waals surface area contributed by atoms with E-state index in [9.17, 15) is 9.90 Å². The number of benzene rings is 1. The van der Waals surface area contributed by atoms with Crippen LogP contribution in [0.2, 0.25) is 5.02 Å². The molecule has 0 aliphatic heterocycles. The van der Waals surface area contributed by atoms with Crippen LogP contribution in [-0.2, 0) is 6.42 Å². The molecule has 0 unspecified atom stereocenters. The van der Waals surface area contributed by atoms with Gasteiger partial charge in [-0.25, -0.2) is 14.3 Å². The third-order valence-electron chi connectivity index (χ3n) is 3.20. The summed E-state index contributed by atoms with van der Waals surface area (Å²) in [5.74, 6) is -1.04. The Bertz CT molecular complexity index is 825. The maximum absolute atomic E-state index is 11.4. The number of aromatic carboxylic acids is 1. The fourth-order valence-electron chi connectivity index (χ4n) is 2.12. The molecule has 106 valence electrons. The Labute approximate surface area is 125 Å². The minimum absolute atomic E-state index is 0.0876. The van der Waals surface area contributed by atoms with Gasteiger partial charge in [0.05, 0.1) is 11.4 Å². The summed E-state index contributed by atoms with van der Waals surface area (Å²) in [7, 11) is 0. The maximum atomic E-state index is 11.4. The molecule has 0 atom stereocenters. The molecule has 0 aliphatic rings. The first kappa shape index (κ1) is 13.6. The fraction of sp³-hybridized carbons (Fsp3) is 0.133. The van der Waals surface area contributed by atoms with Crippen molar-refractivity contribution in [1.29, 1.82) is 0 Å². The van der Waals surface area contributed by atoms with Gasteiger partial charge in [-0.15, -0.1) is 0 Å². The Hall–Kier alpha value is -2.40. The van der Waals surface area contributed by atoms with Gasteiger partial charge in [0.1, 0.15) is 0 Å². The van der Waals surface area contributed by atoms with Crippen molar-refractivity contribution in [3.63, 3.8) is 0 Å². The predicted molar refractivity (Wildman–Crippen MR) is 79.8 cm³/mol. The SMILES string of the molecule is CCc1cc2nc(-c3ccc(Cl)cc3)cc(C(=O)O)n2n1. The third kappa shape index (κ3) is 2.48. The van der Waals surface area contributed by atoms with E-state index in [1.54, 1.807) is 18.2 Å². The number of hydrogen-bond donors (Lipinski definition) is 1. The van der Waals surface area contributed by atoms with Crippen LogP contribution in [0.15, 0.2) is 36.4 Å². The summed E-state index contributed by atoms with van der Waals surface area (Å²) in [5, 5.41) is 14.2. The van der Waals surface area contributed by atoms with Crippen molar-refractivity contribution in [3.8, 4) is 11.3 Å². The third-order valence-corrected chi connectivity index (χ3v) is 3.45. The van der Waals surface area contributed by atoms with E-state index in [1.165, 1.54) is 10.6 Å². The highest BCUT2D eigenvalue weighted by Crippen LogP contribution is 2.22. The van der Waals surface area contributed by atoms with E-state index >= 15 is 0 Å². The van der Waals surface area contributed by atoms with Gasteiger partial charge in [0.2, 0.25) is 0 Å². The van der Waals surface area contributed by atoms with Crippen LogP contribution in [0.5, 0.6) is 0 Å². The van der Waals surface area contributed by atoms with Crippen molar-refractivity contribution in [2.24, 2.45) is 0 Å². The van der Waals surface area contributed by atoms with Gasteiger partial charge in [-0.3, -0.25) is 0 Å². The molecule has 0 spiro atoms. The summed E-state index contributed by atoms with van der Waals surface area (Å²) in [6.45, 7) is 1.96. The molecule has 0 aliphatic carbocycles. The van der Waals surface area contributed by atoms with Crippen LogP contribution in [0.25, 0.3) is 16.9 Å². The molecule has 0 amide bonds. The van der Waals surface area contributed by atoms with Crippen LogP contribution >= 0.6 is 11.6 Å². The van der Waals surface area contributed by atoms with Crippen molar-refractivity contribution in [2.75, 3.05) is 0 Å². The van der Waals surface area contributed by atoms with E-state index in [4.69, 9.17) is 11.6 Å². The summed E-state index contributed by atoms with van der Waals surface area (Å²) < 4.78 is 1.36. The molecule has 3 aromatic rings. The highest BCUT2D eigenvalue weighted by Gasteiger charge is 2.15. The lowest BCUT2D eigenvalue weighted by Gasteiger charge is -2.05. The Morgan fingerprint density at radius 3 is 2.62 bits per heavy atom. The second-order valence-electron chi connectivity index (χ2n) is 4.60. The number of fused-ring (bicyclic) bond motifs is 1. The monoisotopic (exact) mass is 301 g/mol. The van der Waals surface area contributed by atoms with Gasteiger partial charge >= 0.3 is 5.97 Å². The average molecular weight is 302 g/mol. The van der Waals surface area contributed by atoms with Gasteiger partial charge in [0, 0.05) is 16.7 Å². The normalized spacial score (nSPS) is 11.0. The van der Waals surface area contributed by atoms with E-state index in [0.29, 0.717) is 16.4 Å². The molecule has 6 heteroatoms. The first-order valence-electron chi connectivity index (χ1n) is 6.47. The number of rotatable bonds is 3. The van der Waals surface area contributed by atoms with E-state index in [2.05, 4.69) is 10.1 Å². The lowest BCUT2D eigenvalue weighted by molar-refractivity contribution is 0.0687. The highest BCUT2D eigenvalue weighted by molar-refractivity contribution is 6.30. The molecule has 5 nitrogen and oxygen atoms in total. The Kier molecular flexibility index (Phi) is 3.35. The predicted octanol–water partition coefficient (Wildman–Crippen LogP) is 3.31. The second kappa shape index (κ2) is 5.18. The van der Waals surface area contributed by atoms with Crippen LogP contribution < -0.4 is 0 Å². The molecule has 0 fully saturated rings. The Balaban J connectivity index is 2.24. The highest BCUT2D eigenvalue weighted by atomic mass is 35.5. The number of hydrogen-bond acceptors (Lipinski definition) is 3. The molecule has 2 aromatic heterocycles. The van der Waals surface area contributed by atoms with Crippen LogP contribution in [0, 0.1) is 0 Å². The Morgan fingerprint density at radius 2 is 2.00 bits per heavy atom. The van der Waals surface area contributed by atoms with Gasteiger partial charge in [-0.1, -0.05) is 30.7 Å².